The number of piperidine rings is 1. The van der Waals surface area contributed by atoms with E-state index in [2.05, 4.69) is 11.8 Å². The number of aliphatic carboxylic acids is 1. The SMILES string of the molecule is CC1=C(c2ccc(CC(C)(C)C(=O)O)cc2)C(c2ccc(OCCN3CCCCC3)cc2)Oc2cc(OC(=O)C(C)(C)C)ccc21. The summed E-state index contributed by atoms with van der Waals surface area (Å²) >= 11 is 0. The van der Waals surface area contributed by atoms with Gasteiger partial charge in [0.15, 0.2) is 0 Å². The molecule has 244 valence electrons. The van der Waals surface area contributed by atoms with E-state index in [1.165, 1.54) is 19.3 Å². The van der Waals surface area contributed by atoms with E-state index < -0.39 is 22.9 Å². The fourth-order valence-electron chi connectivity index (χ4n) is 5.97. The number of nitrogens with zero attached hydrogens (tertiary/aromatic N) is 1. The Morgan fingerprint density at radius 3 is 2.17 bits per heavy atom. The van der Waals surface area contributed by atoms with Crippen molar-refractivity contribution in [2.75, 3.05) is 26.2 Å². The number of benzene rings is 3. The van der Waals surface area contributed by atoms with E-state index in [4.69, 9.17) is 14.2 Å². The van der Waals surface area contributed by atoms with Gasteiger partial charge in [0.2, 0.25) is 0 Å². The van der Waals surface area contributed by atoms with E-state index in [1.54, 1.807) is 26.0 Å². The van der Waals surface area contributed by atoms with Crippen molar-refractivity contribution in [1.29, 1.82) is 0 Å². The molecule has 46 heavy (non-hydrogen) atoms. The Hall–Kier alpha value is -4.10. The molecule has 7 heteroatoms. The van der Waals surface area contributed by atoms with Crippen LogP contribution in [0.1, 0.15) is 89.2 Å². The molecule has 0 spiro atoms. The summed E-state index contributed by atoms with van der Waals surface area (Å²) in [6.07, 6.45) is 3.85. The Morgan fingerprint density at radius 2 is 1.54 bits per heavy atom. The third-order valence-electron chi connectivity index (χ3n) is 8.89. The monoisotopic (exact) mass is 625 g/mol. The van der Waals surface area contributed by atoms with Crippen LogP contribution in [0, 0.1) is 10.8 Å². The lowest BCUT2D eigenvalue weighted by atomic mass is 9.83. The second kappa shape index (κ2) is 13.7. The Morgan fingerprint density at radius 1 is 0.891 bits per heavy atom. The molecule has 1 atom stereocenters. The number of carbonyl (C=O) groups is 2. The van der Waals surface area contributed by atoms with Crippen molar-refractivity contribution in [3.05, 3.63) is 89.0 Å². The largest absolute Gasteiger partial charge is 0.492 e. The third kappa shape index (κ3) is 7.81. The second-order valence-electron chi connectivity index (χ2n) is 14.2. The first kappa shape index (κ1) is 33.3. The Labute approximate surface area is 273 Å². The first-order valence-corrected chi connectivity index (χ1v) is 16.3. The lowest BCUT2D eigenvalue weighted by Gasteiger charge is -2.31. The molecule has 1 saturated heterocycles. The molecule has 0 amide bonds. The maximum atomic E-state index is 12.6. The van der Waals surface area contributed by atoms with Gasteiger partial charge in [0, 0.05) is 23.7 Å². The van der Waals surface area contributed by atoms with Gasteiger partial charge in [-0.05, 0) is 120 Å². The van der Waals surface area contributed by atoms with Gasteiger partial charge in [0.25, 0.3) is 0 Å². The van der Waals surface area contributed by atoms with Gasteiger partial charge < -0.3 is 19.3 Å². The fraction of sp³-hybridized carbons (Fsp3) is 0.436. The van der Waals surface area contributed by atoms with E-state index in [-0.39, 0.29) is 5.97 Å². The number of fused-ring (bicyclic) bond motifs is 1. The van der Waals surface area contributed by atoms with Gasteiger partial charge in [0.1, 0.15) is 30.0 Å². The van der Waals surface area contributed by atoms with Crippen molar-refractivity contribution in [3.63, 3.8) is 0 Å². The maximum absolute atomic E-state index is 12.6. The summed E-state index contributed by atoms with van der Waals surface area (Å²) in [4.78, 5) is 26.8. The van der Waals surface area contributed by atoms with E-state index >= 15 is 0 Å². The van der Waals surface area contributed by atoms with Gasteiger partial charge in [-0.25, -0.2) is 0 Å². The van der Waals surface area contributed by atoms with Crippen LogP contribution in [-0.4, -0.2) is 48.2 Å². The van der Waals surface area contributed by atoms with E-state index in [0.29, 0.717) is 24.5 Å². The molecule has 1 fully saturated rings. The molecule has 0 aliphatic carbocycles. The minimum absolute atomic E-state index is 0.310. The molecule has 0 aromatic heterocycles. The summed E-state index contributed by atoms with van der Waals surface area (Å²) < 4.78 is 18.5. The Kier molecular flexibility index (Phi) is 9.92. The van der Waals surface area contributed by atoms with Crippen LogP contribution in [0.3, 0.4) is 0 Å². The predicted molar refractivity (Wildman–Crippen MR) is 181 cm³/mol. The Balaban J connectivity index is 1.44. The molecule has 0 radical (unpaired) electrons. The molecule has 2 heterocycles. The molecule has 1 unspecified atom stereocenters. The van der Waals surface area contributed by atoms with Crippen molar-refractivity contribution >= 4 is 23.1 Å². The number of hydrogen-bond acceptors (Lipinski definition) is 6. The number of hydrogen-bond donors (Lipinski definition) is 1. The molecule has 1 N–H and O–H groups in total. The smallest absolute Gasteiger partial charge is 0.316 e. The van der Waals surface area contributed by atoms with Gasteiger partial charge in [-0.2, -0.15) is 0 Å². The zero-order chi connectivity index (χ0) is 33.1. The maximum Gasteiger partial charge on any atom is 0.316 e. The average Bonchev–Trinajstić information content (AvgIpc) is 3.01. The number of allylic oxidation sites excluding steroid dienone is 1. The van der Waals surface area contributed by atoms with E-state index in [0.717, 1.165) is 58.8 Å². The van der Waals surface area contributed by atoms with Gasteiger partial charge in [-0.1, -0.05) is 42.8 Å². The number of carboxylic acids is 1. The highest BCUT2D eigenvalue weighted by atomic mass is 16.5. The van der Waals surface area contributed by atoms with Crippen LogP contribution in [-0.2, 0) is 16.0 Å². The van der Waals surface area contributed by atoms with Crippen LogP contribution < -0.4 is 14.2 Å². The number of carbonyl (C=O) groups excluding carboxylic acids is 1. The van der Waals surface area contributed by atoms with Gasteiger partial charge in [-0.15, -0.1) is 0 Å². The van der Waals surface area contributed by atoms with Crippen LogP contribution in [0.5, 0.6) is 17.2 Å². The average molecular weight is 626 g/mol. The molecule has 3 aromatic carbocycles. The lowest BCUT2D eigenvalue weighted by Crippen LogP contribution is -2.33. The highest BCUT2D eigenvalue weighted by molar-refractivity contribution is 5.95. The molecular weight excluding hydrogens is 578 g/mol. The quantitative estimate of drug-likeness (QED) is 0.179. The number of carboxylic acid groups (broad SMARTS) is 1. The number of likely N-dealkylation sites (tertiary alicyclic amines) is 1. The number of esters is 1. The van der Waals surface area contributed by atoms with Crippen LogP contribution in [0.4, 0.5) is 0 Å². The molecule has 2 aliphatic rings. The van der Waals surface area contributed by atoms with Crippen molar-refractivity contribution in [2.45, 2.75) is 73.3 Å². The molecular formula is C39H47NO6. The first-order valence-electron chi connectivity index (χ1n) is 16.3. The van der Waals surface area contributed by atoms with Crippen LogP contribution in [0.2, 0.25) is 0 Å². The van der Waals surface area contributed by atoms with Crippen LogP contribution in [0.25, 0.3) is 11.1 Å². The molecule has 7 nitrogen and oxygen atoms in total. The van der Waals surface area contributed by atoms with Crippen LogP contribution in [0.15, 0.2) is 66.7 Å². The van der Waals surface area contributed by atoms with Crippen molar-refractivity contribution < 1.29 is 28.9 Å². The lowest BCUT2D eigenvalue weighted by molar-refractivity contribution is -0.147. The van der Waals surface area contributed by atoms with Gasteiger partial charge in [0.05, 0.1) is 10.8 Å². The predicted octanol–water partition coefficient (Wildman–Crippen LogP) is 8.22. The zero-order valence-electron chi connectivity index (χ0n) is 28.0. The van der Waals surface area contributed by atoms with E-state index in [1.807, 2.05) is 75.4 Å². The minimum Gasteiger partial charge on any atom is -0.492 e. The molecule has 0 bridgehead atoms. The first-order chi connectivity index (χ1) is 21.8. The van der Waals surface area contributed by atoms with Crippen LogP contribution >= 0.6 is 0 Å². The van der Waals surface area contributed by atoms with Crippen molar-refractivity contribution in [3.8, 4) is 17.2 Å². The zero-order valence-corrected chi connectivity index (χ0v) is 28.0. The summed E-state index contributed by atoms with van der Waals surface area (Å²) in [5, 5.41) is 9.62. The van der Waals surface area contributed by atoms with E-state index in [9.17, 15) is 14.7 Å². The highest BCUT2D eigenvalue weighted by Gasteiger charge is 2.31. The molecule has 5 rings (SSSR count). The molecule has 0 saturated carbocycles. The summed E-state index contributed by atoms with van der Waals surface area (Å²) in [6.45, 7) is 14.9. The van der Waals surface area contributed by atoms with Crippen molar-refractivity contribution in [2.24, 2.45) is 10.8 Å². The summed E-state index contributed by atoms with van der Waals surface area (Å²) in [5.41, 5.74) is 4.43. The summed E-state index contributed by atoms with van der Waals surface area (Å²) in [6, 6.07) is 21.7. The normalized spacial score (nSPS) is 17.2. The highest BCUT2D eigenvalue weighted by Crippen LogP contribution is 2.48. The minimum atomic E-state index is -0.863. The van der Waals surface area contributed by atoms with Gasteiger partial charge >= 0.3 is 11.9 Å². The topological polar surface area (TPSA) is 85.3 Å². The second-order valence-corrected chi connectivity index (χ2v) is 14.2. The molecule has 2 aliphatic heterocycles. The summed E-state index contributed by atoms with van der Waals surface area (Å²) in [5.74, 6) is 0.776. The number of rotatable bonds is 10. The molecule has 3 aromatic rings. The van der Waals surface area contributed by atoms with Gasteiger partial charge in [-0.3, -0.25) is 14.5 Å². The summed E-state index contributed by atoms with van der Waals surface area (Å²) in [7, 11) is 0. The van der Waals surface area contributed by atoms with Crippen molar-refractivity contribution in [1.82, 2.24) is 4.90 Å². The standard InChI is InChI=1S/C39H47NO6/c1-26-32-19-18-31(45-37(43)38(2,3)4)24-33(32)46-35(34(26)28-12-10-27(11-13-28)25-39(5,6)36(41)42)29-14-16-30(17-15-29)44-23-22-40-20-8-7-9-21-40/h10-19,24,35H,7-9,20-23,25H2,1-6H3,(H,41,42). The third-order valence-corrected chi connectivity index (χ3v) is 8.89. The fourth-order valence-corrected chi connectivity index (χ4v) is 5.97. The number of ether oxygens (including phenoxy) is 3. The Bertz CT molecular complexity index is 1570.